The minimum absolute atomic E-state index is 0.0366. The maximum atomic E-state index is 5.98. The van der Waals surface area contributed by atoms with Gasteiger partial charge in [0.05, 0.1) is 7.11 Å². The van der Waals surface area contributed by atoms with Crippen molar-refractivity contribution in [3.05, 3.63) is 16.1 Å². The van der Waals surface area contributed by atoms with E-state index in [2.05, 4.69) is 15.9 Å². The first-order valence-electron chi connectivity index (χ1n) is 6.08. The summed E-state index contributed by atoms with van der Waals surface area (Å²) in [5.41, 5.74) is 7.15. The molecule has 0 bridgehead atoms. The molecular formula is C13H16BrNO3. The molecule has 5 heteroatoms. The number of methoxy groups -OCH3 is 1. The molecule has 1 fully saturated rings. The van der Waals surface area contributed by atoms with Crippen LogP contribution in [0.25, 0.3) is 0 Å². The molecule has 1 saturated carbocycles. The topological polar surface area (TPSA) is 53.7 Å². The Balaban J connectivity index is 2.17. The van der Waals surface area contributed by atoms with Crippen molar-refractivity contribution in [2.75, 3.05) is 20.4 Å². The van der Waals surface area contributed by atoms with Gasteiger partial charge in [-0.2, -0.15) is 0 Å². The van der Waals surface area contributed by atoms with Gasteiger partial charge in [-0.05, 0) is 34.8 Å². The Labute approximate surface area is 115 Å². The highest BCUT2D eigenvalue weighted by atomic mass is 79.9. The Morgan fingerprint density at radius 2 is 2.22 bits per heavy atom. The molecular weight excluding hydrogens is 298 g/mol. The molecule has 0 atom stereocenters. The number of ether oxygens (including phenoxy) is 3. The van der Waals surface area contributed by atoms with Crippen molar-refractivity contribution in [3.8, 4) is 17.2 Å². The zero-order valence-electron chi connectivity index (χ0n) is 10.3. The third-order valence-electron chi connectivity index (χ3n) is 4.04. The molecule has 1 aliphatic heterocycles. The molecule has 1 heterocycles. The number of benzene rings is 1. The fraction of sp³-hybridized carbons (Fsp3) is 0.538. The van der Waals surface area contributed by atoms with Gasteiger partial charge < -0.3 is 19.9 Å². The van der Waals surface area contributed by atoms with Crippen LogP contribution >= 0.6 is 15.9 Å². The Hall–Kier alpha value is -0.940. The van der Waals surface area contributed by atoms with Gasteiger partial charge in [0.15, 0.2) is 11.5 Å². The summed E-state index contributed by atoms with van der Waals surface area (Å²) in [6.07, 6.45) is 3.42. The Bertz CT molecular complexity index is 480. The van der Waals surface area contributed by atoms with Gasteiger partial charge in [0.25, 0.3) is 0 Å². The number of nitrogens with two attached hydrogens (primary N) is 1. The molecule has 0 amide bonds. The highest BCUT2D eigenvalue weighted by Gasteiger charge is 2.41. The Morgan fingerprint density at radius 1 is 1.44 bits per heavy atom. The van der Waals surface area contributed by atoms with Crippen molar-refractivity contribution in [2.24, 2.45) is 5.73 Å². The molecule has 1 aromatic rings. The van der Waals surface area contributed by atoms with Crippen LogP contribution in [0.2, 0.25) is 0 Å². The summed E-state index contributed by atoms with van der Waals surface area (Å²) in [5, 5.41) is 0. The van der Waals surface area contributed by atoms with Gasteiger partial charge in [-0.15, -0.1) is 0 Å². The molecule has 98 valence electrons. The zero-order chi connectivity index (χ0) is 12.8. The predicted octanol–water partition coefficient (Wildman–Crippen LogP) is 2.57. The second-order valence-corrected chi connectivity index (χ2v) is 5.64. The van der Waals surface area contributed by atoms with E-state index in [0.717, 1.165) is 40.1 Å². The van der Waals surface area contributed by atoms with Crippen LogP contribution in [0.3, 0.4) is 0 Å². The van der Waals surface area contributed by atoms with Gasteiger partial charge >= 0.3 is 0 Å². The van der Waals surface area contributed by atoms with E-state index in [1.165, 1.54) is 6.42 Å². The SMILES string of the molecule is COc1c(C2(CN)CCC2)cc2c(c1Br)OCO2. The second-order valence-electron chi connectivity index (χ2n) is 4.84. The van der Waals surface area contributed by atoms with Crippen LogP contribution in [-0.2, 0) is 5.41 Å². The molecule has 2 aliphatic rings. The molecule has 0 spiro atoms. The van der Waals surface area contributed by atoms with Gasteiger partial charge in [-0.25, -0.2) is 0 Å². The highest BCUT2D eigenvalue weighted by Crippen LogP contribution is 2.54. The smallest absolute Gasteiger partial charge is 0.231 e. The average Bonchev–Trinajstić information content (AvgIpc) is 2.77. The molecule has 0 aromatic heterocycles. The Kier molecular flexibility index (Phi) is 2.90. The van der Waals surface area contributed by atoms with E-state index in [4.69, 9.17) is 19.9 Å². The standard InChI is InChI=1S/C13H16BrNO3/c1-16-11-8(13(6-15)3-2-4-13)5-9-12(10(11)14)18-7-17-9/h5H,2-4,6-7,15H2,1H3. The van der Waals surface area contributed by atoms with Crippen LogP contribution in [0.1, 0.15) is 24.8 Å². The molecule has 1 aliphatic carbocycles. The van der Waals surface area contributed by atoms with Crippen LogP contribution in [0, 0.1) is 0 Å². The minimum Gasteiger partial charge on any atom is -0.495 e. The van der Waals surface area contributed by atoms with Gasteiger partial charge in [0.1, 0.15) is 10.2 Å². The minimum atomic E-state index is 0.0366. The lowest BCUT2D eigenvalue weighted by molar-refractivity contribution is 0.173. The van der Waals surface area contributed by atoms with Crippen molar-refractivity contribution in [2.45, 2.75) is 24.7 Å². The number of fused-ring (bicyclic) bond motifs is 1. The van der Waals surface area contributed by atoms with E-state index in [-0.39, 0.29) is 12.2 Å². The quantitative estimate of drug-likeness (QED) is 0.932. The lowest BCUT2D eigenvalue weighted by atomic mass is 9.64. The van der Waals surface area contributed by atoms with Gasteiger partial charge in [0, 0.05) is 17.5 Å². The maximum Gasteiger partial charge on any atom is 0.231 e. The second kappa shape index (κ2) is 4.31. The maximum absolute atomic E-state index is 5.98. The average molecular weight is 314 g/mol. The first-order valence-corrected chi connectivity index (χ1v) is 6.88. The first kappa shape index (κ1) is 12.1. The van der Waals surface area contributed by atoms with E-state index < -0.39 is 0 Å². The summed E-state index contributed by atoms with van der Waals surface area (Å²) in [6, 6.07) is 2.03. The summed E-state index contributed by atoms with van der Waals surface area (Å²) >= 11 is 3.55. The molecule has 18 heavy (non-hydrogen) atoms. The van der Waals surface area contributed by atoms with Crippen LogP contribution in [0.5, 0.6) is 17.2 Å². The lowest BCUT2D eigenvalue weighted by Crippen LogP contribution is -2.41. The summed E-state index contributed by atoms with van der Waals surface area (Å²) in [4.78, 5) is 0. The van der Waals surface area contributed by atoms with Crippen molar-refractivity contribution in [1.82, 2.24) is 0 Å². The summed E-state index contributed by atoms with van der Waals surface area (Å²) in [6.45, 7) is 0.894. The zero-order valence-corrected chi connectivity index (χ0v) is 11.9. The molecule has 0 unspecified atom stereocenters. The van der Waals surface area contributed by atoms with Crippen molar-refractivity contribution in [1.29, 1.82) is 0 Å². The van der Waals surface area contributed by atoms with E-state index in [1.54, 1.807) is 7.11 Å². The lowest BCUT2D eigenvalue weighted by Gasteiger charge is -2.42. The third-order valence-corrected chi connectivity index (χ3v) is 4.76. The third kappa shape index (κ3) is 1.53. The van der Waals surface area contributed by atoms with Gasteiger partial charge in [-0.3, -0.25) is 0 Å². The highest BCUT2D eigenvalue weighted by molar-refractivity contribution is 9.10. The first-order chi connectivity index (χ1) is 8.72. The Morgan fingerprint density at radius 3 is 2.78 bits per heavy atom. The number of hydrogen-bond acceptors (Lipinski definition) is 4. The fourth-order valence-electron chi connectivity index (χ4n) is 2.77. The van der Waals surface area contributed by atoms with Crippen LogP contribution in [0.4, 0.5) is 0 Å². The number of hydrogen-bond donors (Lipinski definition) is 1. The summed E-state index contributed by atoms with van der Waals surface area (Å²) < 4.78 is 17.3. The van der Waals surface area contributed by atoms with E-state index in [1.807, 2.05) is 6.07 Å². The fourth-order valence-corrected chi connectivity index (χ4v) is 3.45. The molecule has 0 radical (unpaired) electrons. The monoisotopic (exact) mass is 313 g/mol. The molecule has 1 aromatic carbocycles. The van der Waals surface area contributed by atoms with E-state index in [0.29, 0.717) is 6.54 Å². The normalized spacial score (nSPS) is 19.5. The van der Waals surface area contributed by atoms with Gasteiger partial charge in [0.2, 0.25) is 6.79 Å². The van der Waals surface area contributed by atoms with Gasteiger partial charge in [-0.1, -0.05) is 6.42 Å². The molecule has 0 saturated heterocycles. The summed E-state index contributed by atoms with van der Waals surface area (Å²) in [7, 11) is 1.68. The van der Waals surface area contributed by atoms with Crippen LogP contribution in [0.15, 0.2) is 10.5 Å². The van der Waals surface area contributed by atoms with Crippen LogP contribution < -0.4 is 19.9 Å². The molecule has 4 nitrogen and oxygen atoms in total. The summed E-state index contributed by atoms with van der Waals surface area (Å²) in [5.74, 6) is 2.32. The number of rotatable bonds is 3. The van der Waals surface area contributed by atoms with E-state index in [9.17, 15) is 0 Å². The van der Waals surface area contributed by atoms with E-state index >= 15 is 0 Å². The predicted molar refractivity (Wildman–Crippen MR) is 71.4 cm³/mol. The van der Waals surface area contributed by atoms with Crippen molar-refractivity contribution < 1.29 is 14.2 Å². The van der Waals surface area contributed by atoms with Crippen molar-refractivity contribution >= 4 is 15.9 Å². The van der Waals surface area contributed by atoms with Crippen LogP contribution in [-0.4, -0.2) is 20.4 Å². The largest absolute Gasteiger partial charge is 0.495 e. The molecule has 2 N–H and O–H groups in total. The number of halogens is 1. The molecule has 3 rings (SSSR count). The van der Waals surface area contributed by atoms with Crippen molar-refractivity contribution in [3.63, 3.8) is 0 Å².